The Bertz CT molecular complexity index is 525. The van der Waals surface area contributed by atoms with E-state index in [2.05, 4.69) is 20.6 Å². The fourth-order valence-corrected chi connectivity index (χ4v) is 1.50. The Hall–Kier alpha value is -2.43. The Balaban J connectivity index is 1.74. The number of rotatable bonds is 5. The first kappa shape index (κ1) is 13.0. The van der Waals surface area contributed by atoms with Gasteiger partial charge in [-0.1, -0.05) is 30.3 Å². The molecule has 0 radical (unpaired) electrons. The number of aryl methyl sites for hydroxylation is 1. The van der Waals surface area contributed by atoms with Gasteiger partial charge in [0, 0.05) is 18.9 Å². The number of benzene rings is 1. The molecule has 0 unspecified atom stereocenters. The zero-order valence-electron chi connectivity index (χ0n) is 10.8. The van der Waals surface area contributed by atoms with Crippen molar-refractivity contribution >= 4 is 11.9 Å². The fraction of sp³-hybridized carbons (Fsp3) is 0.214. The topological polar surface area (TPSA) is 66.9 Å². The second kappa shape index (κ2) is 6.49. The minimum absolute atomic E-state index is 0.0898. The molecule has 5 nitrogen and oxygen atoms in total. The van der Waals surface area contributed by atoms with Crippen LogP contribution in [-0.4, -0.2) is 22.4 Å². The smallest absolute Gasteiger partial charge is 0.239 e. The van der Waals surface area contributed by atoms with Crippen molar-refractivity contribution < 1.29 is 4.79 Å². The Morgan fingerprint density at radius 3 is 2.53 bits per heavy atom. The monoisotopic (exact) mass is 256 g/mol. The Morgan fingerprint density at radius 1 is 1.16 bits per heavy atom. The van der Waals surface area contributed by atoms with Crippen molar-refractivity contribution in [2.75, 3.05) is 11.9 Å². The molecule has 1 heterocycles. The summed E-state index contributed by atoms with van der Waals surface area (Å²) in [6.45, 7) is 2.60. The van der Waals surface area contributed by atoms with Crippen LogP contribution in [0.15, 0.2) is 42.7 Å². The Labute approximate surface area is 112 Å². The molecule has 2 N–H and O–H groups in total. The molecule has 1 aromatic carbocycles. The molecule has 98 valence electrons. The molecule has 0 saturated heterocycles. The summed E-state index contributed by atoms with van der Waals surface area (Å²) in [7, 11) is 0. The van der Waals surface area contributed by atoms with E-state index in [1.807, 2.05) is 37.3 Å². The van der Waals surface area contributed by atoms with Crippen LogP contribution in [0.3, 0.4) is 0 Å². The van der Waals surface area contributed by atoms with Gasteiger partial charge in [0.15, 0.2) is 0 Å². The van der Waals surface area contributed by atoms with Gasteiger partial charge in [-0.3, -0.25) is 4.79 Å². The van der Waals surface area contributed by atoms with Crippen molar-refractivity contribution in [3.8, 4) is 0 Å². The molecule has 1 amide bonds. The Morgan fingerprint density at radius 2 is 1.84 bits per heavy atom. The first-order chi connectivity index (χ1) is 9.24. The normalized spacial score (nSPS) is 9.95. The summed E-state index contributed by atoms with van der Waals surface area (Å²) in [4.78, 5) is 19.8. The van der Waals surface area contributed by atoms with Gasteiger partial charge in [0.25, 0.3) is 0 Å². The van der Waals surface area contributed by atoms with E-state index < -0.39 is 0 Å². The van der Waals surface area contributed by atoms with E-state index in [-0.39, 0.29) is 12.5 Å². The summed E-state index contributed by atoms with van der Waals surface area (Å²) in [5.74, 6) is 0.369. The van der Waals surface area contributed by atoms with Gasteiger partial charge < -0.3 is 10.6 Å². The highest BCUT2D eigenvalue weighted by Crippen LogP contribution is 1.98. The van der Waals surface area contributed by atoms with Gasteiger partial charge in [0.05, 0.1) is 6.54 Å². The van der Waals surface area contributed by atoms with E-state index in [1.54, 1.807) is 12.4 Å². The van der Waals surface area contributed by atoms with Crippen molar-refractivity contribution in [2.24, 2.45) is 0 Å². The van der Waals surface area contributed by atoms with E-state index in [0.29, 0.717) is 12.5 Å². The van der Waals surface area contributed by atoms with Crippen LogP contribution >= 0.6 is 0 Å². The van der Waals surface area contributed by atoms with Crippen LogP contribution in [0.1, 0.15) is 11.1 Å². The number of nitrogens with one attached hydrogen (secondary N) is 2. The van der Waals surface area contributed by atoms with Crippen LogP contribution in [0.25, 0.3) is 0 Å². The minimum atomic E-state index is -0.0898. The predicted molar refractivity (Wildman–Crippen MR) is 73.5 cm³/mol. The van der Waals surface area contributed by atoms with E-state index >= 15 is 0 Å². The first-order valence-electron chi connectivity index (χ1n) is 6.07. The van der Waals surface area contributed by atoms with Gasteiger partial charge in [-0.25, -0.2) is 9.97 Å². The van der Waals surface area contributed by atoms with E-state index in [0.717, 1.165) is 11.1 Å². The highest BCUT2D eigenvalue weighted by atomic mass is 16.1. The summed E-state index contributed by atoms with van der Waals surface area (Å²) in [6.07, 6.45) is 3.41. The minimum Gasteiger partial charge on any atom is -0.350 e. The number of hydrogen-bond acceptors (Lipinski definition) is 4. The maximum absolute atomic E-state index is 11.6. The van der Waals surface area contributed by atoms with Gasteiger partial charge in [-0.2, -0.15) is 0 Å². The molecule has 0 bridgehead atoms. The molecule has 0 fully saturated rings. The van der Waals surface area contributed by atoms with Crippen molar-refractivity contribution in [2.45, 2.75) is 13.5 Å². The molecule has 2 aromatic rings. The van der Waals surface area contributed by atoms with E-state index in [9.17, 15) is 4.79 Å². The molecule has 19 heavy (non-hydrogen) atoms. The van der Waals surface area contributed by atoms with Gasteiger partial charge >= 0.3 is 0 Å². The van der Waals surface area contributed by atoms with E-state index in [1.165, 1.54) is 0 Å². The van der Waals surface area contributed by atoms with Crippen molar-refractivity contribution in [3.05, 3.63) is 53.9 Å². The second-order valence-corrected chi connectivity index (χ2v) is 4.20. The highest BCUT2D eigenvalue weighted by molar-refractivity contribution is 5.80. The van der Waals surface area contributed by atoms with Crippen LogP contribution < -0.4 is 10.6 Å². The maximum Gasteiger partial charge on any atom is 0.239 e. The molecule has 0 aliphatic carbocycles. The van der Waals surface area contributed by atoms with Crippen LogP contribution in [0.2, 0.25) is 0 Å². The standard InChI is InChI=1S/C14H16N4O/c1-11-7-16-14(17-8-11)18-10-13(19)15-9-12-5-3-2-4-6-12/h2-8H,9-10H2,1H3,(H,15,19)(H,16,17,18). The molecule has 0 atom stereocenters. The summed E-state index contributed by atoms with van der Waals surface area (Å²) < 4.78 is 0. The highest BCUT2D eigenvalue weighted by Gasteiger charge is 2.02. The van der Waals surface area contributed by atoms with E-state index in [4.69, 9.17) is 0 Å². The average molecular weight is 256 g/mol. The third-order valence-corrected chi connectivity index (χ3v) is 2.52. The predicted octanol–water partition coefficient (Wildman–Crippen LogP) is 1.51. The number of hydrogen-bond donors (Lipinski definition) is 2. The number of nitrogens with zero attached hydrogens (tertiary/aromatic N) is 2. The van der Waals surface area contributed by atoms with Crippen molar-refractivity contribution in [3.63, 3.8) is 0 Å². The lowest BCUT2D eigenvalue weighted by Crippen LogP contribution is -2.29. The van der Waals surface area contributed by atoms with Crippen LogP contribution in [0, 0.1) is 6.92 Å². The van der Waals surface area contributed by atoms with Gasteiger partial charge in [0.1, 0.15) is 0 Å². The third kappa shape index (κ3) is 4.39. The average Bonchev–Trinajstić information content (AvgIpc) is 2.45. The largest absolute Gasteiger partial charge is 0.350 e. The number of carbonyl (C=O) groups excluding carboxylic acids is 1. The zero-order valence-corrected chi connectivity index (χ0v) is 10.8. The van der Waals surface area contributed by atoms with Gasteiger partial charge in [0.2, 0.25) is 11.9 Å². The van der Waals surface area contributed by atoms with Crippen LogP contribution in [0.5, 0.6) is 0 Å². The molecular formula is C14H16N4O. The molecule has 5 heteroatoms. The Kier molecular flexibility index (Phi) is 4.44. The number of amides is 1. The number of aromatic nitrogens is 2. The van der Waals surface area contributed by atoms with Gasteiger partial charge in [-0.15, -0.1) is 0 Å². The summed E-state index contributed by atoms with van der Waals surface area (Å²) in [5.41, 5.74) is 2.06. The second-order valence-electron chi connectivity index (χ2n) is 4.20. The lowest BCUT2D eigenvalue weighted by molar-refractivity contribution is -0.119. The quantitative estimate of drug-likeness (QED) is 0.851. The molecule has 0 aliphatic rings. The van der Waals surface area contributed by atoms with Crippen LogP contribution in [0.4, 0.5) is 5.95 Å². The van der Waals surface area contributed by atoms with Crippen molar-refractivity contribution in [1.29, 1.82) is 0 Å². The lowest BCUT2D eigenvalue weighted by Gasteiger charge is -2.06. The molecular weight excluding hydrogens is 240 g/mol. The molecule has 0 saturated carbocycles. The summed E-state index contributed by atoms with van der Waals surface area (Å²) >= 11 is 0. The molecule has 2 rings (SSSR count). The number of anilines is 1. The fourth-order valence-electron chi connectivity index (χ4n) is 1.50. The lowest BCUT2D eigenvalue weighted by atomic mass is 10.2. The summed E-state index contributed by atoms with van der Waals surface area (Å²) in [5, 5.41) is 5.70. The maximum atomic E-state index is 11.6. The molecule has 0 aliphatic heterocycles. The SMILES string of the molecule is Cc1cnc(NCC(=O)NCc2ccccc2)nc1. The van der Waals surface area contributed by atoms with Crippen LogP contribution in [-0.2, 0) is 11.3 Å². The summed E-state index contributed by atoms with van der Waals surface area (Å²) in [6, 6.07) is 9.77. The third-order valence-electron chi connectivity index (χ3n) is 2.52. The molecule has 1 aromatic heterocycles. The van der Waals surface area contributed by atoms with Gasteiger partial charge in [-0.05, 0) is 18.1 Å². The molecule has 0 spiro atoms. The first-order valence-corrected chi connectivity index (χ1v) is 6.07. The number of carbonyl (C=O) groups is 1. The zero-order chi connectivity index (χ0) is 13.5. The van der Waals surface area contributed by atoms with Crippen molar-refractivity contribution in [1.82, 2.24) is 15.3 Å².